The Morgan fingerprint density at radius 3 is 1.65 bits per heavy atom. The molecule has 4 aromatic carbocycles. The summed E-state index contributed by atoms with van der Waals surface area (Å²) < 4.78 is 24.5. The first-order valence-electron chi connectivity index (χ1n) is 11.9. The Morgan fingerprint density at radius 1 is 0.514 bits per heavy atom. The third kappa shape index (κ3) is 4.49. The molecule has 6 heteroatoms. The van der Waals surface area contributed by atoms with Gasteiger partial charge in [-0.25, -0.2) is 4.98 Å². The van der Waals surface area contributed by atoms with E-state index in [1.807, 2.05) is 72.8 Å². The summed E-state index contributed by atoms with van der Waals surface area (Å²) in [4.78, 5) is 5.22. The summed E-state index contributed by atoms with van der Waals surface area (Å²) in [6, 6.07) is 32.1. The minimum Gasteiger partial charge on any atom is -0.493 e. The van der Waals surface area contributed by atoms with Gasteiger partial charge in [0.2, 0.25) is 0 Å². The van der Waals surface area contributed by atoms with E-state index in [1.54, 1.807) is 28.4 Å². The zero-order chi connectivity index (χ0) is 25.8. The fourth-order valence-corrected chi connectivity index (χ4v) is 4.46. The Morgan fingerprint density at radius 2 is 1.05 bits per heavy atom. The van der Waals surface area contributed by atoms with Gasteiger partial charge in [-0.15, -0.1) is 0 Å². The predicted octanol–water partition coefficient (Wildman–Crippen LogP) is 6.91. The number of imidazole rings is 1. The maximum Gasteiger partial charge on any atom is 0.162 e. The normalized spacial score (nSPS) is 10.7. The van der Waals surface area contributed by atoms with Crippen LogP contribution in [0.2, 0.25) is 0 Å². The fourth-order valence-electron chi connectivity index (χ4n) is 4.46. The van der Waals surface area contributed by atoms with Crippen molar-refractivity contribution in [2.45, 2.75) is 0 Å². The second kappa shape index (κ2) is 10.5. The molecule has 0 saturated carbocycles. The Balaban J connectivity index is 1.89. The van der Waals surface area contributed by atoms with Crippen LogP contribution in [0.25, 0.3) is 39.6 Å². The molecule has 37 heavy (non-hydrogen) atoms. The number of hydrogen-bond acceptors (Lipinski definition) is 5. The summed E-state index contributed by atoms with van der Waals surface area (Å²) in [7, 11) is 6.54. The average molecular weight is 493 g/mol. The van der Waals surface area contributed by atoms with Crippen LogP contribution < -0.4 is 18.9 Å². The van der Waals surface area contributed by atoms with E-state index in [-0.39, 0.29) is 0 Å². The highest BCUT2D eigenvalue weighted by molar-refractivity contribution is 5.85. The van der Waals surface area contributed by atoms with E-state index in [9.17, 15) is 0 Å². The molecule has 0 saturated heterocycles. The largest absolute Gasteiger partial charge is 0.493 e. The second-order valence-corrected chi connectivity index (χ2v) is 8.31. The maximum absolute atomic E-state index is 5.66. The maximum atomic E-state index is 5.66. The third-order valence-corrected chi connectivity index (χ3v) is 6.24. The van der Waals surface area contributed by atoms with Crippen LogP contribution in [0.4, 0.5) is 0 Å². The van der Waals surface area contributed by atoms with Gasteiger partial charge in [-0.2, -0.15) is 0 Å². The minimum absolute atomic E-state index is 0.632. The topological polar surface area (TPSA) is 54.7 Å². The molecule has 5 aromatic rings. The Labute approximate surface area is 216 Å². The van der Waals surface area contributed by atoms with Gasteiger partial charge < -0.3 is 18.9 Å². The molecule has 0 aliphatic heterocycles. The van der Waals surface area contributed by atoms with Gasteiger partial charge in [0, 0.05) is 22.8 Å². The molecular formula is C31H28N2O4. The van der Waals surface area contributed by atoms with E-state index in [2.05, 4.69) is 28.8 Å². The van der Waals surface area contributed by atoms with Crippen molar-refractivity contribution >= 4 is 0 Å². The van der Waals surface area contributed by atoms with Crippen LogP contribution in [-0.2, 0) is 0 Å². The van der Waals surface area contributed by atoms with Crippen molar-refractivity contribution in [1.82, 2.24) is 9.55 Å². The van der Waals surface area contributed by atoms with Crippen LogP contribution in [0, 0.1) is 0 Å². The summed E-state index contributed by atoms with van der Waals surface area (Å²) in [5.74, 6) is 3.39. The standard InChI is InChI=1S/C31H28N2O4/c1-34-25-17-15-23(19-27(25)36-3)30-29(21-11-7-5-8-12-21)32-31(22-13-9-6-10-14-22)33(30)24-16-18-26(35-2)28(20-24)37-4/h5-20H,1-4H3. The van der Waals surface area contributed by atoms with Crippen LogP contribution in [0.1, 0.15) is 0 Å². The van der Waals surface area contributed by atoms with Gasteiger partial charge in [0.05, 0.1) is 45.5 Å². The number of hydrogen-bond donors (Lipinski definition) is 0. The van der Waals surface area contributed by atoms with E-state index in [0.717, 1.165) is 39.6 Å². The lowest BCUT2D eigenvalue weighted by Gasteiger charge is -2.17. The zero-order valence-corrected chi connectivity index (χ0v) is 21.3. The van der Waals surface area contributed by atoms with Gasteiger partial charge in [0.1, 0.15) is 5.82 Å². The van der Waals surface area contributed by atoms with Crippen molar-refractivity contribution in [1.29, 1.82) is 0 Å². The molecule has 0 radical (unpaired) electrons. The van der Waals surface area contributed by atoms with E-state index in [0.29, 0.717) is 23.0 Å². The molecule has 0 N–H and O–H groups in total. The number of benzene rings is 4. The molecule has 0 bridgehead atoms. The molecule has 6 nitrogen and oxygen atoms in total. The van der Waals surface area contributed by atoms with Gasteiger partial charge in [0.15, 0.2) is 23.0 Å². The van der Waals surface area contributed by atoms with Gasteiger partial charge in [-0.3, -0.25) is 4.57 Å². The summed E-state index contributed by atoms with van der Waals surface area (Å²) in [6.07, 6.45) is 0. The molecular weight excluding hydrogens is 464 g/mol. The van der Waals surface area contributed by atoms with Crippen LogP contribution in [-0.4, -0.2) is 38.0 Å². The Kier molecular flexibility index (Phi) is 6.81. The lowest BCUT2D eigenvalue weighted by Crippen LogP contribution is -2.02. The molecule has 0 amide bonds. The highest BCUT2D eigenvalue weighted by Crippen LogP contribution is 2.42. The summed E-state index contributed by atoms with van der Waals surface area (Å²) in [6.45, 7) is 0. The first-order valence-corrected chi connectivity index (χ1v) is 11.9. The Hall–Kier alpha value is -4.71. The number of rotatable bonds is 8. The Bertz CT molecular complexity index is 1400. The van der Waals surface area contributed by atoms with Crippen molar-refractivity contribution in [2.24, 2.45) is 0 Å². The average Bonchev–Trinajstić information content (AvgIpc) is 3.38. The number of aromatic nitrogens is 2. The van der Waals surface area contributed by atoms with Crippen molar-refractivity contribution < 1.29 is 18.9 Å². The van der Waals surface area contributed by atoms with Crippen molar-refractivity contribution in [3.63, 3.8) is 0 Å². The summed E-state index contributed by atoms with van der Waals surface area (Å²) in [5, 5.41) is 0. The predicted molar refractivity (Wildman–Crippen MR) is 146 cm³/mol. The van der Waals surface area contributed by atoms with Crippen molar-refractivity contribution in [3.8, 4) is 62.6 Å². The van der Waals surface area contributed by atoms with Gasteiger partial charge in [-0.1, -0.05) is 60.7 Å². The molecule has 1 heterocycles. The molecule has 0 fully saturated rings. The summed E-state index contributed by atoms with van der Waals surface area (Å²) >= 11 is 0. The van der Waals surface area contributed by atoms with Gasteiger partial charge in [-0.05, 0) is 30.3 Å². The minimum atomic E-state index is 0.632. The van der Waals surface area contributed by atoms with Gasteiger partial charge >= 0.3 is 0 Å². The quantitative estimate of drug-likeness (QED) is 0.236. The second-order valence-electron chi connectivity index (χ2n) is 8.31. The van der Waals surface area contributed by atoms with Crippen LogP contribution in [0.5, 0.6) is 23.0 Å². The molecule has 0 aliphatic rings. The number of nitrogens with zero attached hydrogens (tertiary/aromatic N) is 2. The highest BCUT2D eigenvalue weighted by Gasteiger charge is 2.24. The van der Waals surface area contributed by atoms with Crippen molar-refractivity contribution in [3.05, 3.63) is 97.1 Å². The number of ether oxygens (including phenoxy) is 4. The lowest BCUT2D eigenvalue weighted by atomic mass is 10.0. The lowest BCUT2D eigenvalue weighted by molar-refractivity contribution is 0.355. The molecule has 0 aliphatic carbocycles. The number of methoxy groups -OCH3 is 4. The van der Waals surface area contributed by atoms with Crippen LogP contribution in [0.3, 0.4) is 0 Å². The summed E-state index contributed by atoms with van der Waals surface area (Å²) in [5.41, 5.74) is 5.57. The van der Waals surface area contributed by atoms with E-state index >= 15 is 0 Å². The molecule has 186 valence electrons. The first kappa shape index (κ1) is 24.0. The first-order chi connectivity index (χ1) is 18.2. The molecule has 0 spiro atoms. The smallest absolute Gasteiger partial charge is 0.162 e. The molecule has 0 atom stereocenters. The van der Waals surface area contributed by atoms with Crippen LogP contribution >= 0.6 is 0 Å². The highest BCUT2D eigenvalue weighted by atomic mass is 16.5. The van der Waals surface area contributed by atoms with E-state index in [4.69, 9.17) is 23.9 Å². The van der Waals surface area contributed by atoms with E-state index < -0.39 is 0 Å². The van der Waals surface area contributed by atoms with E-state index in [1.165, 1.54) is 0 Å². The fraction of sp³-hybridized carbons (Fsp3) is 0.129. The molecule has 0 unspecified atom stereocenters. The molecule has 5 rings (SSSR count). The molecule has 1 aromatic heterocycles. The zero-order valence-electron chi connectivity index (χ0n) is 21.3. The SMILES string of the molecule is COc1ccc(-c2c(-c3ccccc3)nc(-c3ccccc3)n2-c2ccc(OC)c(OC)c2)cc1OC. The van der Waals surface area contributed by atoms with Crippen LogP contribution in [0.15, 0.2) is 97.1 Å². The van der Waals surface area contributed by atoms with Crippen molar-refractivity contribution in [2.75, 3.05) is 28.4 Å². The monoisotopic (exact) mass is 492 g/mol. The van der Waals surface area contributed by atoms with Gasteiger partial charge in [0.25, 0.3) is 0 Å². The third-order valence-electron chi connectivity index (χ3n) is 6.24.